The van der Waals surface area contributed by atoms with Crippen LogP contribution < -0.4 is 0 Å². The maximum absolute atomic E-state index is 13.4. The van der Waals surface area contributed by atoms with Crippen molar-refractivity contribution < 1.29 is 18.7 Å². The molecule has 1 aliphatic rings. The number of carboxylic acid groups (broad SMARTS) is 1. The molecule has 1 rings (SSSR count). The average Bonchev–Trinajstić information content (AvgIpc) is 2.49. The molecule has 5 heteroatoms. The number of nitrogens with zero attached hydrogens (tertiary/aromatic N) is 1. The third-order valence-corrected chi connectivity index (χ3v) is 2.66. The second-order valence-electron chi connectivity index (χ2n) is 3.90. The number of likely N-dealkylation sites (tertiary alicyclic amines) is 1. The van der Waals surface area contributed by atoms with Crippen molar-refractivity contribution in [1.29, 1.82) is 0 Å². The Morgan fingerprint density at radius 1 is 1.64 bits per heavy atom. The highest BCUT2D eigenvalue weighted by molar-refractivity contribution is 5.66. The molecule has 0 amide bonds. The Morgan fingerprint density at radius 2 is 2.29 bits per heavy atom. The number of halogens is 2. The molecule has 1 fully saturated rings. The van der Waals surface area contributed by atoms with Crippen molar-refractivity contribution in [3.63, 3.8) is 0 Å². The molecule has 0 aromatic rings. The van der Waals surface area contributed by atoms with E-state index in [0.29, 0.717) is 19.5 Å². The van der Waals surface area contributed by atoms with Gasteiger partial charge in [-0.3, -0.25) is 4.79 Å². The van der Waals surface area contributed by atoms with Gasteiger partial charge in [-0.15, -0.1) is 0 Å². The number of hydrogen-bond acceptors (Lipinski definition) is 2. The zero-order chi connectivity index (χ0) is 10.8. The first kappa shape index (κ1) is 11.4. The van der Waals surface area contributed by atoms with E-state index in [1.54, 1.807) is 7.05 Å². The van der Waals surface area contributed by atoms with Crippen LogP contribution in [-0.2, 0) is 4.79 Å². The minimum absolute atomic E-state index is 0.368. The molecule has 1 saturated heterocycles. The Hall–Kier alpha value is -0.710. The fourth-order valence-electron chi connectivity index (χ4n) is 1.76. The van der Waals surface area contributed by atoms with E-state index in [4.69, 9.17) is 5.11 Å². The van der Waals surface area contributed by atoms with Gasteiger partial charge < -0.3 is 10.0 Å². The van der Waals surface area contributed by atoms with Crippen molar-refractivity contribution in [3.8, 4) is 0 Å². The molecule has 3 nitrogen and oxygen atoms in total. The first-order valence-corrected chi connectivity index (χ1v) is 4.70. The first-order valence-electron chi connectivity index (χ1n) is 4.70. The Morgan fingerprint density at radius 3 is 2.71 bits per heavy atom. The molecule has 0 aromatic heterocycles. The van der Waals surface area contributed by atoms with Crippen molar-refractivity contribution in [2.45, 2.75) is 25.2 Å². The van der Waals surface area contributed by atoms with Gasteiger partial charge in [0.1, 0.15) is 0 Å². The summed E-state index contributed by atoms with van der Waals surface area (Å²) < 4.78 is 26.7. The van der Waals surface area contributed by atoms with E-state index in [0.717, 1.165) is 0 Å². The fourth-order valence-corrected chi connectivity index (χ4v) is 1.76. The van der Waals surface area contributed by atoms with Crippen LogP contribution in [0.2, 0.25) is 0 Å². The van der Waals surface area contributed by atoms with E-state index in [2.05, 4.69) is 0 Å². The van der Waals surface area contributed by atoms with Crippen LogP contribution in [0.15, 0.2) is 0 Å². The van der Waals surface area contributed by atoms with E-state index in [1.165, 1.54) is 0 Å². The van der Waals surface area contributed by atoms with E-state index in [9.17, 15) is 13.6 Å². The molecule has 1 heterocycles. The van der Waals surface area contributed by atoms with E-state index < -0.39 is 30.7 Å². The van der Waals surface area contributed by atoms with Gasteiger partial charge in [-0.2, -0.15) is 0 Å². The van der Waals surface area contributed by atoms with Crippen molar-refractivity contribution >= 4 is 5.97 Å². The molecule has 0 bridgehead atoms. The number of alkyl halides is 2. The highest BCUT2D eigenvalue weighted by Crippen LogP contribution is 2.35. The molecular formula is C9H15F2NO2. The van der Waals surface area contributed by atoms with Gasteiger partial charge in [-0.05, 0) is 20.0 Å². The highest BCUT2D eigenvalue weighted by atomic mass is 19.3. The number of hydrogen-bond donors (Lipinski definition) is 1. The van der Waals surface area contributed by atoms with Gasteiger partial charge >= 0.3 is 5.97 Å². The largest absolute Gasteiger partial charge is 0.481 e. The van der Waals surface area contributed by atoms with Crippen LogP contribution in [0.4, 0.5) is 8.78 Å². The summed E-state index contributed by atoms with van der Waals surface area (Å²) in [7, 11) is 1.80. The molecule has 1 atom stereocenters. The lowest BCUT2D eigenvalue weighted by atomic mass is 9.96. The molecule has 0 spiro atoms. The fraction of sp³-hybridized carbons (Fsp3) is 0.889. The number of carboxylic acids is 1. The summed E-state index contributed by atoms with van der Waals surface area (Å²) in [6, 6.07) is 0. The third kappa shape index (κ3) is 2.90. The molecule has 0 radical (unpaired) electrons. The molecule has 0 saturated carbocycles. The Labute approximate surface area is 81.7 Å². The number of rotatable bonds is 4. The van der Waals surface area contributed by atoms with Crippen molar-refractivity contribution in [1.82, 2.24) is 4.90 Å². The molecule has 14 heavy (non-hydrogen) atoms. The Balaban J connectivity index is 2.43. The maximum Gasteiger partial charge on any atom is 0.303 e. The van der Waals surface area contributed by atoms with E-state index >= 15 is 0 Å². The Kier molecular flexibility index (Phi) is 3.42. The molecule has 1 aliphatic heterocycles. The van der Waals surface area contributed by atoms with Crippen LogP contribution >= 0.6 is 0 Å². The second-order valence-corrected chi connectivity index (χ2v) is 3.90. The zero-order valence-corrected chi connectivity index (χ0v) is 8.17. The van der Waals surface area contributed by atoms with Crippen LogP contribution in [0.25, 0.3) is 0 Å². The summed E-state index contributed by atoms with van der Waals surface area (Å²) in [5, 5.41) is 8.33. The number of carbonyl (C=O) groups is 1. The molecule has 1 N–H and O–H groups in total. The van der Waals surface area contributed by atoms with Gasteiger partial charge in [0, 0.05) is 18.9 Å². The standard InChI is InChI=1S/C9H15F2NO2/c1-12-5-3-7(6-12)9(10,11)4-2-8(13)14/h7H,2-6H2,1H3,(H,13,14). The van der Waals surface area contributed by atoms with Crippen molar-refractivity contribution in [3.05, 3.63) is 0 Å². The Bertz CT molecular complexity index is 221. The summed E-state index contributed by atoms with van der Waals surface area (Å²) in [6.07, 6.45) is -0.531. The van der Waals surface area contributed by atoms with Crippen LogP contribution in [-0.4, -0.2) is 42.0 Å². The molecular weight excluding hydrogens is 192 g/mol. The van der Waals surface area contributed by atoms with Crippen LogP contribution in [0.3, 0.4) is 0 Å². The summed E-state index contributed by atoms with van der Waals surface area (Å²) in [5.74, 6) is -4.66. The van der Waals surface area contributed by atoms with Gasteiger partial charge in [-0.25, -0.2) is 8.78 Å². The smallest absolute Gasteiger partial charge is 0.303 e. The van der Waals surface area contributed by atoms with Crippen molar-refractivity contribution in [2.75, 3.05) is 20.1 Å². The lowest BCUT2D eigenvalue weighted by Gasteiger charge is -2.22. The SMILES string of the molecule is CN1CCC(C(F)(F)CCC(=O)O)C1. The summed E-state index contributed by atoms with van der Waals surface area (Å²) in [6.45, 7) is 1.04. The van der Waals surface area contributed by atoms with Gasteiger partial charge in [0.15, 0.2) is 0 Å². The predicted molar refractivity (Wildman–Crippen MR) is 47.4 cm³/mol. The minimum Gasteiger partial charge on any atom is -0.481 e. The summed E-state index contributed by atoms with van der Waals surface area (Å²) in [5.41, 5.74) is 0. The average molecular weight is 207 g/mol. The number of aliphatic carboxylic acids is 1. The molecule has 0 aliphatic carbocycles. The van der Waals surface area contributed by atoms with Gasteiger partial charge in [0.2, 0.25) is 0 Å². The van der Waals surface area contributed by atoms with Crippen molar-refractivity contribution in [2.24, 2.45) is 5.92 Å². The third-order valence-electron chi connectivity index (χ3n) is 2.66. The molecule has 82 valence electrons. The first-order chi connectivity index (χ1) is 6.42. The monoisotopic (exact) mass is 207 g/mol. The quantitative estimate of drug-likeness (QED) is 0.758. The normalized spacial score (nSPS) is 24.1. The lowest BCUT2D eigenvalue weighted by molar-refractivity contribution is -0.140. The van der Waals surface area contributed by atoms with E-state index in [1.807, 2.05) is 4.90 Å². The van der Waals surface area contributed by atoms with E-state index in [-0.39, 0.29) is 0 Å². The maximum atomic E-state index is 13.4. The van der Waals surface area contributed by atoms with Gasteiger partial charge in [-0.1, -0.05) is 0 Å². The van der Waals surface area contributed by atoms with Crippen LogP contribution in [0.1, 0.15) is 19.3 Å². The summed E-state index contributed by atoms with van der Waals surface area (Å²) in [4.78, 5) is 12.0. The summed E-state index contributed by atoms with van der Waals surface area (Å²) >= 11 is 0. The molecule has 0 aromatic carbocycles. The molecule has 1 unspecified atom stereocenters. The second kappa shape index (κ2) is 4.21. The topological polar surface area (TPSA) is 40.5 Å². The van der Waals surface area contributed by atoms with Crippen LogP contribution in [0.5, 0.6) is 0 Å². The van der Waals surface area contributed by atoms with Crippen LogP contribution in [0, 0.1) is 5.92 Å². The lowest BCUT2D eigenvalue weighted by Crippen LogP contribution is -2.31. The highest BCUT2D eigenvalue weighted by Gasteiger charge is 2.42. The van der Waals surface area contributed by atoms with Gasteiger partial charge in [0.25, 0.3) is 5.92 Å². The minimum atomic E-state index is -2.83. The predicted octanol–water partition coefficient (Wildman–Crippen LogP) is 1.44. The zero-order valence-electron chi connectivity index (χ0n) is 8.17. The van der Waals surface area contributed by atoms with Gasteiger partial charge in [0.05, 0.1) is 6.42 Å².